The van der Waals surface area contributed by atoms with Gasteiger partial charge in [-0.05, 0) is 46.3 Å². The molecule has 0 N–H and O–H groups in total. The maximum absolute atomic E-state index is 6.08. The Morgan fingerprint density at radius 2 is 2.00 bits per heavy atom. The summed E-state index contributed by atoms with van der Waals surface area (Å²) in [6.45, 7) is 0. The molecule has 21 heavy (non-hydrogen) atoms. The highest BCUT2D eigenvalue weighted by Crippen LogP contribution is 2.31. The monoisotopic (exact) mass is 428 g/mol. The molecule has 1 heterocycles. The number of nitrogens with zero attached hydrogens (tertiary/aromatic N) is 2. The van der Waals surface area contributed by atoms with E-state index in [0.29, 0.717) is 5.88 Å². The first kappa shape index (κ1) is 14.9. The summed E-state index contributed by atoms with van der Waals surface area (Å²) < 4.78 is 9.31. The number of ether oxygens (including phenoxy) is 1. The van der Waals surface area contributed by atoms with Crippen LogP contribution in [-0.4, -0.2) is 16.7 Å². The standard InChI is InChI=1S/C15H11Br2ClN2O/c1-21-10-3-4-11(17)14(7-10)20-13-5-2-9(16)6-12(13)19-15(20)8-18/h2-7H,8H2,1H3. The van der Waals surface area contributed by atoms with Crippen LogP contribution in [0, 0.1) is 0 Å². The first-order valence-electron chi connectivity index (χ1n) is 6.21. The highest BCUT2D eigenvalue weighted by atomic mass is 79.9. The van der Waals surface area contributed by atoms with Crippen LogP contribution in [0.5, 0.6) is 5.75 Å². The number of halogens is 3. The number of alkyl halides is 1. The number of fused-ring (bicyclic) bond motifs is 1. The van der Waals surface area contributed by atoms with Crippen molar-refractivity contribution in [3.63, 3.8) is 0 Å². The zero-order valence-corrected chi connectivity index (χ0v) is 15.0. The van der Waals surface area contributed by atoms with Crippen molar-refractivity contribution < 1.29 is 4.74 Å². The fraction of sp³-hybridized carbons (Fsp3) is 0.133. The van der Waals surface area contributed by atoms with Gasteiger partial charge in [-0.25, -0.2) is 4.98 Å². The predicted molar refractivity (Wildman–Crippen MR) is 92.6 cm³/mol. The molecule has 0 aliphatic rings. The molecule has 108 valence electrons. The third-order valence-corrected chi connectivity index (χ3v) is 4.60. The summed E-state index contributed by atoms with van der Waals surface area (Å²) in [7, 11) is 1.65. The quantitative estimate of drug-likeness (QED) is 0.528. The van der Waals surface area contributed by atoms with E-state index >= 15 is 0 Å². The molecule has 1 aromatic heterocycles. The van der Waals surface area contributed by atoms with E-state index in [1.54, 1.807) is 7.11 Å². The van der Waals surface area contributed by atoms with Crippen molar-refractivity contribution in [3.8, 4) is 11.4 Å². The molecule has 3 aromatic rings. The second kappa shape index (κ2) is 5.99. The number of imidazole rings is 1. The topological polar surface area (TPSA) is 27.1 Å². The molecule has 3 rings (SSSR count). The average Bonchev–Trinajstić information content (AvgIpc) is 2.85. The molecule has 0 saturated heterocycles. The Balaban J connectivity index is 2.33. The van der Waals surface area contributed by atoms with E-state index in [1.165, 1.54) is 0 Å². The number of aromatic nitrogens is 2. The van der Waals surface area contributed by atoms with Gasteiger partial charge in [-0.1, -0.05) is 15.9 Å². The van der Waals surface area contributed by atoms with E-state index in [-0.39, 0.29) is 0 Å². The third-order valence-electron chi connectivity index (χ3n) is 3.20. The second-order valence-electron chi connectivity index (χ2n) is 4.45. The first-order valence-corrected chi connectivity index (χ1v) is 8.33. The Hall–Kier alpha value is -1.04. The van der Waals surface area contributed by atoms with E-state index in [1.807, 2.05) is 41.0 Å². The van der Waals surface area contributed by atoms with Crippen molar-refractivity contribution in [1.29, 1.82) is 0 Å². The SMILES string of the molecule is COc1ccc(Br)c(-n2c(CCl)nc3cc(Br)ccc32)c1. The molecule has 0 aliphatic carbocycles. The van der Waals surface area contributed by atoms with Crippen molar-refractivity contribution in [1.82, 2.24) is 9.55 Å². The van der Waals surface area contributed by atoms with Crippen LogP contribution in [0.4, 0.5) is 0 Å². The van der Waals surface area contributed by atoms with Crippen LogP contribution in [0.15, 0.2) is 45.3 Å². The molecule has 6 heteroatoms. The lowest BCUT2D eigenvalue weighted by Crippen LogP contribution is -2.01. The molecular formula is C15H11Br2ClN2O. The molecule has 2 aromatic carbocycles. The van der Waals surface area contributed by atoms with Gasteiger partial charge in [0.15, 0.2) is 0 Å². The Morgan fingerprint density at radius 1 is 1.19 bits per heavy atom. The number of methoxy groups -OCH3 is 1. The van der Waals surface area contributed by atoms with Crippen LogP contribution in [-0.2, 0) is 5.88 Å². The molecular weight excluding hydrogens is 419 g/mol. The summed E-state index contributed by atoms with van der Waals surface area (Å²) in [6.07, 6.45) is 0. The zero-order chi connectivity index (χ0) is 15.0. The first-order chi connectivity index (χ1) is 10.1. The van der Waals surface area contributed by atoms with Gasteiger partial charge in [-0.2, -0.15) is 0 Å². The summed E-state index contributed by atoms with van der Waals surface area (Å²) in [5.41, 5.74) is 2.85. The van der Waals surface area contributed by atoms with Crippen LogP contribution >= 0.6 is 43.5 Å². The molecule has 0 spiro atoms. The van der Waals surface area contributed by atoms with Gasteiger partial charge in [0, 0.05) is 15.0 Å². The zero-order valence-electron chi connectivity index (χ0n) is 11.1. The van der Waals surface area contributed by atoms with Crippen LogP contribution in [0.2, 0.25) is 0 Å². The van der Waals surface area contributed by atoms with E-state index < -0.39 is 0 Å². The molecule has 0 radical (unpaired) electrons. The number of rotatable bonds is 3. The fourth-order valence-electron chi connectivity index (χ4n) is 2.25. The highest BCUT2D eigenvalue weighted by molar-refractivity contribution is 9.10. The third kappa shape index (κ3) is 2.70. The van der Waals surface area contributed by atoms with E-state index in [9.17, 15) is 0 Å². The van der Waals surface area contributed by atoms with Crippen molar-refractivity contribution in [2.24, 2.45) is 0 Å². The maximum Gasteiger partial charge on any atom is 0.129 e. The van der Waals surface area contributed by atoms with Crippen molar-refractivity contribution in [2.45, 2.75) is 5.88 Å². The molecule has 0 fully saturated rings. The van der Waals surface area contributed by atoms with E-state index in [2.05, 4.69) is 36.8 Å². The minimum absolute atomic E-state index is 0.329. The average molecular weight is 431 g/mol. The van der Waals surface area contributed by atoms with Gasteiger partial charge >= 0.3 is 0 Å². The lowest BCUT2D eigenvalue weighted by Gasteiger charge is -2.12. The smallest absolute Gasteiger partial charge is 0.129 e. The normalized spacial score (nSPS) is 11.0. The maximum atomic E-state index is 6.08. The van der Waals surface area contributed by atoms with Gasteiger partial charge in [-0.3, -0.25) is 4.57 Å². The van der Waals surface area contributed by atoms with Crippen molar-refractivity contribution in [3.05, 3.63) is 51.2 Å². The molecule has 0 bridgehead atoms. The number of benzene rings is 2. The van der Waals surface area contributed by atoms with Crippen molar-refractivity contribution in [2.75, 3.05) is 7.11 Å². The summed E-state index contributed by atoms with van der Waals surface area (Å²) >= 11 is 13.1. The lowest BCUT2D eigenvalue weighted by atomic mass is 10.2. The summed E-state index contributed by atoms with van der Waals surface area (Å²) in [6, 6.07) is 11.8. The molecule has 0 saturated carbocycles. The summed E-state index contributed by atoms with van der Waals surface area (Å²) in [5.74, 6) is 1.90. The molecule has 3 nitrogen and oxygen atoms in total. The molecule has 0 atom stereocenters. The van der Waals surface area contributed by atoms with Crippen LogP contribution in [0.25, 0.3) is 16.7 Å². The number of hydrogen-bond acceptors (Lipinski definition) is 2. The van der Waals surface area contributed by atoms with E-state index in [0.717, 1.165) is 37.2 Å². The summed E-state index contributed by atoms with van der Waals surface area (Å²) in [5, 5.41) is 0. The number of hydrogen-bond donors (Lipinski definition) is 0. The van der Waals surface area contributed by atoms with Gasteiger partial charge in [0.05, 0.1) is 29.7 Å². The van der Waals surface area contributed by atoms with Gasteiger partial charge in [-0.15, -0.1) is 11.6 Å². The Kier molecular flexibility index (Phi) is 4.24. The lowest BCUT2D eigenvalue weighted by molar-refractivity contribution is 0.414. The van der Waals surface area contributed by atoms with Gasteiger partial charge in [0.1, 0.15) is 11.6 Å². The Bertz CT molecular complexity index is 817. The van der Waals surface area contributed by atoms with Gasteiger partial charge in [0.2, 0.25) is 0 Å². The van der Waals surface area contributed by atoms with Crippen LogP contribution < -0.4 is 4.74 Å². The molecule has 0 amide bonds. The Labute approximate surface area is 144 Å². The van der Waals surface area contributed by atoms with E-state index in [4.69, 9.17) is 16.3 Å². The van der Waals surface area contributed by atoms with Crippen LogP contribution in [0.1, 0.15) is 5.82 Å². The predicted octanol–water partition coefficient (Wildman–Crippen LogP) is 5.30. The second-order valence-corrected chi connectivity index (χ2v) is 6.48. The largest absolute Gasteiger partial charge is 0.497 e. The summed E-state index contributed by atoms with van der Waals surface area (Å²) in [4.78, 5) is 4.60. The highest BCUT2D eigenvalue weighted by Gasteiger charge is 2.15. The van der Waals surface area contributed by atoms with Gasteiger partial charge in [0.25, 0.3) is 0 Å². The van der Waals surface area contributed by atoms with Gasteiger partial charge < -0.3 is 4.74 Å². The minimum atomic E-state index is 0.329. The van der Waals surface area contributed by atoms with Crippen molar-refractivity contribution >= 4 is 54.5 Å². The Morgan fingerprint density at radius 3 is 2.71 bits per heavy atom. The van der Waals surface area contributed by atoms with Crippen LogP contribution in [0.3, 0.4) is 0 Å². The molecule has 0 unspecified atom stereocenters. The minimum Gasteiger partial charge on any atom is -0.497 e. The fourth-order valence-corrected chi connectivity index (χ4v) is 3.20. The molecule has 0 aliphatic heterocycles.